The summed E-state index contributed by atoms with van der Waals surface area (Å²) in [5, 5.41) is 16.8. The smallest absolute Gasteiger partial charge is 0.407 e. The number of fused-ring (bicyclic) bond motifs is 6. The molecule has 0 saturated carbocycles. The summed E-state index contributed by atoms with van der Waals surface area (Å²) in [6.07, 6.45) is 2.14. The van der Waals surface area contributed by atoms with Crippen LogP contribution in [0.2, 0.25) is 0 Å². The molecule has 7 atom stereocenters. The highest BCUT2D eigenvalue weighted by molar-refractivity contribution is 6.07. The van der Waals surface area contributed by atoms with Gasteiger partial charge in [0.05, 0.1) is 53.8 Å². The number of amides is 4. The number of imidazole rings is 2. The standard InChI is InChI=1S/C47H58N8O8/c1-23(2)38(53-46(60)61-9)43(56)54-24(3)10-16-35(54)41-48-21-34(50-41)28-12-14-30-29(18-28)22-62-37-20-31-27(19-32(30)37)13-15-33-40(31)51-42(49-33)36-17-11-25(4)55(36)44(57)39(52-45(58)59)26(5)63-47(6,7)8/h12-15,18-21,23-26,35-36,38-39,52H,10-11,16-17,22H2,1-9H3,(H,48,50)(H,49,51)(H,53,60)(H,58,59)/t24-,25-,26+,35-,36-,38-,39-/m0/s1. The number of aromatic amines is 2. The number of alkyl carbamates (subject to hydrolysis) is 1. The SMILES string of the molecule is COC(=O)N[C@H](C(=O)N1[C@@H](C)CC[C@H]1c1ncc(-c2ccc3c(c2)COc2cc4c(ccc5nc([C@@H]6CC[C@H](C)N6C(=O)[C@@H](NC(=O)O)[C@@H](C)OC(C)(C)C)[nH]c54)cc2-3)[nH]1)C(C)C. The minimum Gasteiger partial charge on any atom is -0.488 e. The molecule has 0 unspecified atom stereocenters. The van der Waals surface area contributed by atoms with Crippen molar-refractivity contribution in [3.63, 3.8) is 0 Å². The Morgan fingerprint density at radius 1 is 0.857 bits per heavy atom. The van der Waals surface area contributed by atoms with Gasteiger partial charge in [-0.1, -0.05) is 32.0 Å². The molecule has 2 saturated heterocycles. The fraction of sp³-hybridized carbons (Fsp3) is 0.489. The number of hydrogen-bond donors (Lipinski definition) is 5. The zero-order valence-electron chi connectivity index (χ0n) is 37.4. The van der Waals surface area contributed by atoms with Crippen LogP contribution in [0.5, 0.6) is 5.75 Å². The van der Waals surface area contributed by atoms with E-state index in [1.54, 1.807) is 18.0 Å². The molecule has 5 N–H and O–H groups in total. The van der Waals surface area contributed by atoms with Gasteiger partial charge < -0.3 is 49.7 Å². The van der Waals surface area contributed by atoms with Crippen molar-refractivity contribution in [1.82, 2.24) is 40.4 Å². The molecule has 3 aliphatic rings. The molecule has 0 radical (unpaired) electrons. The molecular weight excluding hydrogens is 805 g/mol. The van der Waals surface area contributed by atoms with Crippen LogP contribution in [0.25, 0.3) is 44.2 Å². The topological polar surface area (TPSA) is 204 Å². The molecule has 0 spiro atoms. The molecule has 3 aliphatic heterocycles. The Morgan fingerprint density at radius 3 is 2.19 bits per heavy atom. The Kier molecular flexibility index (Phi) is 11.6. The van der Waals surface area contributed by atoms with E-state index >= 15 is 0 Å². The lowest BCUT2D eigenvalue weighted by Crippen LogP contribution is -2.56. The van der Waals surface area contributed by atoms with Crippen LogP contribution in [0.1, 0.15) is 110 Å². The van der Waals surface area contributed by atoms with Crippen LogP contribution >= 0.6 is 0 Å². The molecule has 2 fully saturated rings. The van der Waals surface area contributed by atoms with Gasteiger partial charge in [-0.2, -0.15) is 0 Å². The van der Waals surface area contributed by atoms with Crippen LogP contribution in [-0.2, 0) is 25.7 Å². The quantitative estimate of drug-likeness (QED) is 0.0916. The number of aromatic nitrogens is 4. The van der Waals surface area contributed by atoms with Crippen molar-refractivity contribution >= 4 is 45.8 Å². The Morgan fingerprint density at radius 2 is 1.54 bits per heavy atom. The van der Waals surface area contributed by atoms with E-state index in [4.69, 9.17) is 24.2 Å². The third-order valence-corrected chi connectivity index (χ3v) is 12.7. The van der Waals surface area contributed by atoms with E-state index in [9.17, 15) is 24.3 Å². The van der Waals surface area contributed by atoms with Gasteiger partial charge in [0.2, 0.25) is 11.8 Å². The predicted molar refractivity (Wildman–Crippen MR) is 237 cm³/mol. The number of nitrogens with zero attached hydrogens (tertiary/aromatic N) is 4. The second-order valence-corrected chi connectivity index (χ2v) is 18.6. The van der Waals surface area contributed by atoms with E-state index in [2.05, 4.69) is 44.9 Å². The van der Waals surface area contributed by atoms with Gasteiger partial charge in [0.25, 0.3) is 0 Å². The van der Waals surface area contributed by atoms with E-state index in [1.165, 1.54) is 7.11 Å². The third kappa shape index (κ3) is 8.40. The van der Waals surface area contributed by atoms with Gasteiger partial charge in [-0.05, 0) is 119 Å². The number of likely N-dealkylation sites (tertiary alicyclic amines) is 2. The minimum absolute atomic E-state index is 0.0247. The number of hydrogen-bond acceptors (Lipinski definition) is 9. The second kappa shape index (κ2) is 16.8. The Bertz CT molecular complexity index is 2580. The summed E-state index contributed by atoms with van der Waals surface area (Å²) in [5.41, 5.74) is 5.84. The van der Waals surface area contributed by atoms with Crippen molar-refractivity contribution in [2.45, 2.75) is 136 Å². The molecule has 5 aromatic rings. The summed E-state index contributed by atoms with van der Waals surface area (Å²) in [6, 6.07) is 11.9. The van der Waals surface area contributed by atoms with Gasteiger partial charge in [-0.25, -0.2) is 19.6 Å². The highest BCUT2D eigenvalue weighted by Crippen LogP contribution is 2.44. The molecule has 8 rings (SSSR count). The first-order valence-corrected chi connectivity index (χ1v) is 21.9. The summed E-state index contributed by atoms with van der Waals surface area (Å²) in [6.45, 7) is 15.5. The zero-order valence-corrected chi connectivity index (χ0v) is 37.4. The molecule has 16 heteroatoms. The van der Waals surface area contributed by atoms with E-state index in [-0.39, 0.29) is 41.9 Å². The first-order valence-electron chi connectivity index (χ1n) is 21.9. The van der Waals surface area contributed by atoms with Gasteiger partial charge in [0, 0.05) is 23.0 Å². The summed E-state index contributed by atoms with van der Waals surface area (Å²) in [7, 11) is 1.29. The highest BCUT2D eigenvalue weighted by atomic mass is 16.5. The van der Waals surface area contributed by atoms with Crippen LogP contribution in [-0.4, -0.2) is 102 Å². The number of carbonyl (C=O) groups excluding carboxylic acids is 3. The maximum absolute atomic E-state index is 14.2. The number of rotatable bonds is 10. The third-order valence-electron chi connectivity index (χ3n) is 12.7. The van der Waals surface area contributed by atoms with Crippen LogP contribution in [0.15, 0.2) is 48.7 Å². The van der Waals surface area contributed by atoms with Gasteiger partial charge in [0.1, 0.15) is 36.1 Å². The predicted octanol–water partition coefficient (Wildman–Crippen LogP) is 7.99. The molecule has 4 amide bonds. The van der Waals surface area contributed by atoms with Crippen molar-refractivity contribution < 1.29 is 38.5 Å². The Hall–Kier alpha value is -6.16. The molecule has 0 bridgehead atoms. The summed E-state index contributed by atoms with van der Waals surface area (Å²) >= 11 is 0. The van der Waals surface area contributed by atoms with Crippen LogP contribution in [0.4, 0.5) is 9.59 Å². The van der Waals surface area contributed by atoms with Crippen molar-refractivity contribution in [3.05, 3.63) is 65.9 Å². The summed E-state index contributed by atoms with van der Waals surface area (Å²) in [5.74, 6) is 1.45. The van der Waals surface area contributed by atoms with Crippen molar-refractivity contribution in [2.75, 3.05) is 7.11 Å². The normalized spacial score (nSPS) is 21.2. The highest BCUT2D eigenvalue weighted by Gasteiger charge is 2.44. The monoisotopic (exact) mass is 862 g/mol. The first-order chi connectivity index (χ1) is 29.9. The van der Waals surface area contributed by atoms with Gasteiger partial charge in [0.15, 0.2) is 0 Å². The van der Waals surface area contributed by atoms with E-state index in [0.29, 0.717) is 24.7 Å². The van der Waals surface area contributed by atoms with Crippen molar-refractivity contribution in [1.29, 1.82) is 0 Å². The fourth-order valence-corrected chi connectivity index (χ4v) is 9.70. The maximum atomic E-state index is 14.2. The summed E-state index contributed by atoms with van der Waals surface area (Å²) in [4.78, 5) is 72.4. The van der Waals surface area contributed by atoms with E-state index in [0.717, 1.165) is 74.8 Å². The second-order valence-electron chi connectivity index (χ2n) is 18.6. The van der Waals surface area contributed by atoms with Crippen LogP contribution in [0.3, 0.4) is 0 Å². The molecule has 63 heavy (non-hydrogen) atoms. The molecule has 0 aliphatic carbocycles. The Balaban J connectivity index is 1.04. The van der Waals surface area contributed by atoms with Crippen molar-refractivity contribution in [2.24, 2.45) is 5.92 Å². The summed E-state index contributed by atoms with van der Waals surface area (Å²) < 4.78 is 17.3. The molecule has 2 aromatic heterocycles. The number of methoxy groups -OCH3 is 1. The van der Waals surface area contributed by atoms with Crippen LogP contribution < -0.4 is 15.4 Å². The van der Waals surface area contributed by atoms with Gasteiger partial charge in [-0.3, -0.25) is 9.59 Å². The van der Waals surface area contributed by atoms with Crippen LogP contribution in [0, 0.1) is 5.92 Å². The maximum Gasteiger partial charge on any atom is 0.407 e. The van der Waals surface area contributed by atoms with Gasteiger partial charge >= 0.3 is 12.2 Å². The van der Waals surface area contributed by atoms with Gasteiger partial charge in [-0.15, -0.1) is 0 Å². The fourth-order valence-electron chi connectivity index (χ4n) is 9.70. The molecule has 5 heterocycles. The first kappa shape index (κ1) is 43.5. The number of nitrogens with one attached hydrogen (secondary N) is 4. The molecule has 334 valence electrons. The average molecular weight is 863 g/mol. The lowest BCUT2D eigenvalue weighted by atomic mass is 9.92. The minimum atomic E-state index is -1.29. The molecule has 3 aromatic carbocycles. The number of carbonyl (C=O) groups is 4. The van der Waals surface area contributed by atoms with E-state index < -0.39 is 36.0 Å². The van der Waals surface area contributed by atoms with Crippen molar-refractivity contribution in [3.8, 4) is 28.1 Å². The number of benzene rings is 3. The van der Waals surface area contributed by atoms with E-state index in [1.807, 2.05) is 71.6 Å². The average Bonchev–Trinajstić information content (AvgIpc) is 4.05. The number of ether oxygens (including phenoxy) is 3. The number of carboxylic acid groups (broad SMARTS) is 1. The zero-order chi connectivity index (χ0) is 45.1. The molecular formula is C47H58N8O8. The molecule has 16 nitrogen and oxygen atoms in total. The largest absolute Gasteiger partial charge is 0.488 e. The number of H-pyrrole nitrogens is 2. The Labute approximate surface area is 366 Å². The lowest BCUT2D eigenvalue weighted by Gasteiger charge is -2.35. The lowest BCUT2D eigenvalue weighted by molar-refractivity contribution is -0.144.